The minimum Gasteiger partial charge on any atom is -0.508 e. The van der Waals surface area contributed by atoms with Gasteiger partial charge in [0.1, 0.15) is 30.0 Å². The van der Waals surface area contributed by atoms with Gasteiger partial charge in [-0.2, -0.15) is 0 Å². The maximum atomic E-state index is 13.2. The number of phenolic OH excluding ortho intramolecular Hbond substituents is 1. The van der Waals surface area contributed by atoms with Crippen molar-refractivity contribution in [2.75, 3.05) is 26.8 Å². The number of alkyl carbamates (subject to hydrolysis) is 1. The highest BCUT2D eigenvalue weighted by atomic mass is 16.6. The lowest BCUT2D eigenvalue weighted by atomic mass is 10.0. The van der Waals surface area contributed by atoms with E-state index in [-0.39, 0.29) is 12.3 Å². The van der Waals surface area contributed by atoms with Gasteiger partial charge >= 0.3 is 12.1 Å². The summed E-state index contributed by atoms with van der Waals surface area (Å²) in [5.74, 6) is -2.08. The van der Waals surface area contributed by atoms with Gasteiger partial charge < -0.3 is 35.2 Å². The average Bonchev–Trinajstić information content (AvgIpc) is 2.71. The van der Waals surface area contributed by atoms with E-state index in [1.165, 1.54) is 32.2 Å². The number of hydrogen-bond donors (Lipinski definition) is 4. The van der Waals surface area contributed by atoms with E-state index in [9.17, 15) is 29.4 Å². The van der Waals surface area contributed by atoms with E-state index in [0.29, 0.717) is 11.1 Å². The largest absolute Gasteiger partial charge is 0.508 e. The molecule has 0 spiro atoms. The van der Waals surface area contributed by atoms with Crippen molar-refractivity contribution in [1.82, 2.24) is 15.5 Å². The Hall–Kier alpha value is -3.34. The van der Waals surface area contributed by atoms with Crippen LogP contribution in [0.4, 0.5) is 4.79 Å². The molecule has 0 saturated heterocycles. The summed E-state index contributed by atoms with van der Waals surface area (Å²) < 4.78 is 9.70. The Labute approximate surface area is 193 Å². The molecule has 0 radical (unpaired) electrons. The molecule has 0 aliphatic heterocycles. The van der Waals surface area contributed by atoms with E-state index in [1.54, 1.807) is 27.7 Å². The molecule has 3 amide bonds. The molecule has 0 fully saturated rings. The van der Waals surface area contributed by atoms with Gasteiger partial charge in [0.05, 0.1) is 13.7 Å². The number of esters is 1. The molecular weight excluding hydrogens is 434 g/mol. The van der Waals surface area contributed by atoms with Crippen molar-refractivity contribution in [3.05, 3.63) is 29.3 Å². The Balaban J connectivity index is 3.28. The van der Waals surface area contributed by atoms with Crippen LogP contribution in [-0.4, -0.2) is 77.4 Å². The number of methoxy groups -OCH3 is 1. The second kappa shape index (κ2) is 12.0. The first kappa shape index (κ1) is 27.7. The van der Waals surface area contributed by atoms with Crippen LogP contribution in [0, 0.1) is 6.92 Å². The molecule has 2 unspecified atom stereocenters. The number of carbonyl (C=O) groups is 4. The first-order chi connectivity index (χ1) is 15.3. The number of aromatic hydroxyl groups is 1. The third kappa shape index (κ3) is 8.60. The predicted molar refractivity (Wildman–Crippen MR) is 118 cm³/mol. The zero-order chi connectivity index (χ0) is 25.3. The first-order valence-electron chi connectivity index (χ1n) is 10.4. The molecule has 0 heterocycles. The fraction of sp³-hybridized carbons (Fsp3) is 0.545. The second-order valence-corrected chi connectivity index (χ2v) is 8.37. The van der Waals surface area contributed by atoms with Crippen LogP contribution in [0.1, 0.15) is 44.9 Å². The van der Waals surface area contributed by atoms with E-state index in [0.717, 1.165) is 4.90 Å². The van der Waals surface area contributed by atoms with Gasteiger partial charge in [-0.15, -0.1) is 0 Å². The maximum Gasteiger partial charge on any atom is 0.408 e. The number of phenols is 1. The van der Waals surface area contributed by atoms with Crippen molar-refractivity contribution in [3.8, 4) is 5.75 Å². The van der Waals surface area contributed by atoms with Crippen molar-refractivity contribution in [2.45, 2.75) is 52.3 Å². The minimum absolute atomic E-state index is 0.00698. The van der Waals surface area contributed by atoms with Crippen LogP contribution < -0.4 is 10.6 Å². The van der Waals surface area contributed by atoms with Crippen molar-refractivity contribution < 1.29 is 38.9 Å². The Bertz CT molecular complexity index is 866. The number of aryl methyl sites for hydroxylation is 1. The summed E-state index contributed by atoms with van der Waals surface area (Å²) in [6.45, 7) is 6.91. The summed E-state index contributed by atoms with van der Waals surface area (Å²) in [5, 5.41) is 24.3. The lowest BCUT2D eigenvalue weighted by Crippen LogP contribution is -2.53. The number of nitrogens with zero attached hydrogens (tertiary/aromatic N) is 1. The molecule has 0 saturated carbocycles. The van der Waals surface area contributed by atoms with E-state index >= 15 is 0 Å². The minimum atomic E-state index is -1.27. The van der Waals surface area contributed by atoms with Gasteiger partial charge in [-0.25, -0.2) is 4.79 Å². The van der Waals surface area contributed by atoms with Crippen LogP contribution in [0.5, 0.6) is 5.75 Å². The Morgan fingerprint density at radius 3 is 2.33 bits per heavy atom. The van der Waals surface area contributed by atoms with Crippen LogP contribution >= 0.6 is 0 Å². The molecule has 0 aliphatic rings. The van der Waals surface area contributed by atoms with E-state index < -0.39 is 54.7 Å². The molecule has 11 heteroatoms. The zero-order valence-electron chi connectivity index (χ0n) is 19.8. The third-order valence-electron chi connectivity index (χ3n) is 4.46. The first-order valence-corrected chi connectivity index (χ1v) is 10.4. The van der Waals surface area contributed by atoms with Crippen LogP contribution in [0.3, 0.4) is 0 Å². The smallest absolute Gasteiger partial charge is 0.408 e. The van der Waals surface area contributed by atoms with Gasteiger partial charge in [0.25, 0.3) is 0 Å². The number of ether oxygens (including phenoxy) is 2. The molecule has 184 valence electrons. The lowest BCUT2D eigenvalue weighted by Gasteiger charge is -2.33. The predicted octanol–water partition coefficient (Wildman–Crippen LogP) is 0.765. The number of rotatable bonds is 9. The van der Waals surface area contributed by atoms with Crippen molar-refractivity contribution >= 4 is 23.9 Å². The summed E-state index contributed by atoms with van der Waals surface area (Å²) in [7, 11) is 1.17. The highest BCUT2D eigenvalue weighted by Gasteiger charge is 2.34. The number of aliphatic hydroxyl groups is 1. The van der Waals surface area contributed by atoms with E-state index in [1.807, 2.05) is 0 Å². The van der Waals surface area contributed by atoms with Crippen LogP contribution in [-0.2, 0) is 23.9 Å². The summed E-state index contributed by atoms with van der Waals surface area (Å²) in [6, 6.07) is 1.97. The highest BCUT2D eigenvalue weighted by Crippen LogP contribution is 2.27. The molecule has 1 aromatic rings. The number of carbonyl (C=O) groups excluding carboxylic acids is 4. The van der Waals surface area contributed by atoms with Gasteiger partial charge in [0, 0.05) is 6.54 Å². The van der Waals surface area contributed by atoms with Crippen LogP contribution in [0.2, 0.25) is 0 Å². The third-order valence-corrected chi connectivity index (χ3v) is 4.46. The Kier molecular flexibility index (Phi) is 10.1. The van der Waals surface area contributed by atoms with Gasteiger partial charge in [-0.1, -0.05) is 6.07 Å². The molecule has 1 rings (SSSR count). The standard InChI is InChI=1S/C22H33N3O8/c1-13-11-15(7-8-16(13)27)18(19(29)23-12-17(28)32-6)25(9-10-26)20(30)14(2)24-21(31)33-22(3,4)5/h7-8,11,14,18,26-27H,9-10,12H2,1-6H3,(H,23,29)(H,24,31). The molecule has 33 heavy (non-hydrogen) atoms. The summed E-state index contributed by atoms with van der Waals surface area (Å²) in [6.07, 6.45) is -0.820. The highest BCUT2D eigenvalue weighted by molar-refractivity contribution is 5.93. The normalized spacial score (nSPS) is 12.8. The van der Waals surface area contributed by atoms with Crippen LogP contribution in [0.15, 0.2) is 18.2 Å². The molecular formula is C22H33N3O8. The number of aliphatic hydroxyl groups excluding tert-OH is 1. The molecule has 4 N–H and O–H groups in total. The fourth-order valence-corrected chi connectivity index (χ4v) is 2.92. The van der Waals surface area contributed by atoms with Crippen molar-refractivity contribution in [2.24, 2.45) is 0 Å². The van der Waals surface area contributed by atoms with Crippen LogP contribution in [0.25, 0.3) is 0 Å². The molecule has 2 atom stereocenters. The SMILES string of the molecule is COC(=O)CNC(=O)C(c1ccc(O)c(C)c1)N(CCO)C(=O)C(C)NC(=O)OC(C)(C)C. The molecule has 1 aromatic carbocycles. The van der Waals surface area contributed by atoms with Gasteiger partial charge in [0.2, 0.25) is 11.8 Å². The topological polar surface area (TPSA) is 154 Å². The summed E-state index contributed by atoms with van der Waals surface area (Å²) in [4.78, 5) is 51.0. The van der Waals surface area contributed by atoms with E-state index in [4.69, 9.17) is 4.74 Å². The number of hydrogen-bond acceptors (Lipinski definition) is 8. The second-order valence-electron chi connectivity index (χ2n) is 8.37. The lowest BCUT2D eigenvalue weighted by molar-refractivity contribution is -0.145. The maximum absolute atomic E-state index is 13.2. The molecule has 0 bridgehead atoms. The fourth-order valence-electron chi connectivity index (χ4n) is 2.92. The molecule has 11 nitrogen and oxygen atoms in total. The number of benzene rings is 1. The van der Waals surface area contributed by atoms with E-state index in [2.05, 4.69) is 15.4 Å². The van der Waals surface area contributed by atoms with Gasteiger partial charge in [-0.05, 0) is 57.9 Å². The summed E-state index contributed by atoms with van der Waals surface area (Å²) >= 11 is 0. The molecule has 0 aliphatic carbocycles. The van der Waals surface area contributed by atoms with Gasteiger partial charge in [-0.3, -0.25) is 14.4 Å². The summed E-state index contributed by atoms with van der Waals surface area (Å²) in [5.41, 5.74) is 0.00543. The number of amides is 3. The van der Waals surface area contributed by atoms with Crippen molar-refractivity contribution in [1.29, 1.82) is 0 Å². The van der Waals surface area contributed by atoms with Gasteiger partial charge in [0.15, 0.2) is 0 Å². The zero-order valence-corrected chi connectivity index (χ0v) is 19.8. The monoisotopic (exact) mass is 467 g/mol. The Morgan fingerprint density at radius 1 is 1.18 bits per heavy atom. The molecule has 0 aromatic heterocycles. The quantitative estimate of drug-likeness (QED) is 0.388. The number of nitrogens with one attached hydrogen (secondary N) is 2. The Morgan fingerprint density at radius 2 is 1.82 bits per heavy atom. The average molecular weight is 468 g/mol. The van der Waals surface area contributed by atoms with Crippen molar-refractivity contribution in [3.63, 3.8) is 0 Å².